The second kappa shape index (κ2) is 6.52. The number of aromatic nitrogens is 1. The lowest BCUT2D eigenvalue weighted by molar-refractivity contribution is 0.0464. The fourth-order valence-electron chi connectivity index (χ4n) is 2.24. The van der Waals surface area contributed by atoms with Crippen molar-refractivity contribution in [1.82, 2.24) is 9.88 Å². The Hall–Kier alpha value is -1.62. The van der Waals surface area contributed by atoms with Gasteiger partial charge in [0, 0.05) is 31.8 Å². The maximum atomic E-state index is 12.0. The number of carbonyl (C=O) groups is 1. The van der Waals surface area contributed by atoms with Gasteiger partial charge >= 0.3 is 6.03 Å². The molecule has 2 rings (SSSR count). The SMILES string of the molecule is Cc1cccc(NC(=O)N(C)C[C@H]2CCCOC2)n1. The molecule has 1 atom stereocenters. The predicted octanol–water partition coefficient (Wildman–Crippen LogP) is 2.28. The van der Waals surface area contributed by atoms with Crippen molar-refractivity contribution in [2.45, 2.75) is 19.8 Å². The van der Waals surface area contributed by atoms with Crippen molar-refractivity contribution in [1.29, 1.82) is 0 Å². The van der Waals surface area contributed by atoms with Gasteiger partial charge in [0.1, 0.15) is 5.82 Å². The van der Waals surface area contributed by atoms with Crippen molar-refractivity contribution in [2.75, 3.05) is 32.1 Å². The van der Waals surface area contributed by atoms with E-state index in [0.717, 1.165) is 38.3 Å². The van der Waals surface area contributed by atoms with Gasteiger partial charge in [-0.1, -0.05) is 6.07 Å². The van der Waals surface area contributed by atoms with Gasteiger partial charge in [-0.2, -0.15) is 0 Å². The lowest BCUT2D eigenvalue weighted by Crippen LogP contribution is -2.37. The van der Waals surface area contributed by atoms with Crippen LogP contribution < -0.4 is 5.32 Å². The fraction of sp³-hybridized carbons (Fsp3) is 0.571. The van der Waals surface area contributed by atoms with Gasteiger partial charge in [-0.05, 0) is 31.9 Å². The molecule has 0 aliphatic carbocycles. The molecule has 1 aromatic rings. The zero-order valence-electron chi connectivity index (χ0n) is 11.6. The van der Waals surface area contributed by atoms with Gasteiger partial charge in [0.15, 0.2) is 0 Å². The normalized spacial score (nSPS) is 18.9. The molecule has 1 saturated heterocycles. The van der Waals surface area contributed by atoms with Crippen LogP contribution in [-0.2, 0) is 4.74 Å². The molecule has 0 spiro atoms. The molecule has 0 bridgehead atoms. The highest BCUT2D eigenvalue weighted by atomic mass is 16.5. The topological polar surface area (TPSA) is 54.5 Å². The van der Waals surface area contributed by atoms with Crippen molar-refractivity contribution in [3.05, 3.63) is 23.9 Å². The average Bonchev–Trinajstić information content (AvgIpc) is 2.40. The minimum Gasteiger partial charge on any atom is -0.381 e. The standard InChI is InChI=1S/C14H21N3O2/c1-11-5-3-7-13(15-11)16-14(18)17(2)9-12-6-4-8-19-10-12/h3,5,7,12H,4,6,8-10H2,1-2H3,(H,15,16,18)/t12-/m1/s1. The molecule has 1 aromatic heterocycles. The second-order valence-corrected chi connectivity index (χ2v) is 5.06. The predicted molar refractivity (Wildman–Crippen MR) is 74.2 cm³/mol. The average molecular weight is 263 g/mol. The summed E-state index contributed by atoms with van der Waals surface area (Å²) in [5, 5.41) is 2.81. The third-order valence-corrected chi connectivity index (χ3v) is 3.26. The molecule has 1 fully saturated rings. The lowest BCUT2D eigenvalue weighted by atomic mass is 10.0. The van der Waals surface area contributed by atoms with Gasteiger partial charge < -0.3 is 9.64 Å². The number of pyridine rings is 1. The van der Waals surface area contributed by atoms with Crippen LogP contribution in [-0.4, -0.2) is 42.7 Å². The third kappa shape index (κ3) is 4.21. The highest BCUT2D eigenvalue weighted by molar-refractivity contribution is 5.88. The maximum absolute atomic E-state index is 12.0. The zero-order chi connectivity index (χ0) is 13.7. The fourth-order valence-corrected chi connectivity index (χ4v) is 2.24. The van der Waals surface area contributed by atoms with Crippen LogP contribution in [0.15, 0.2) is 18.2 Å². The number of hydrogen-bond donors (Lipinski definition) is 1. The quantitative estimate of drug-likeness (QED) is 0.910. The van der Waals surface area contributed by atoms with E-state index < -0.39 is 0 Å². The number of amides is 2. The smallest absolute Gasteiger partial charge is 0.322 e. The molecule has 0 aromatic carbocycles. The van der Waals surface area contributed by atoms with E-state index in [9.17, 15) is 4.79 Å². The number of nitrogens with zero attached hydrogens (tertiary/aromatic N) is 2. The molecular formula is C14H21N3O2. The van der Waals surface area contributed by atoms with E-state index in [0.29, 0.717) is 11.7 Å². The molecule has 5 nitrogen and oxygen atoms in total. The number of nitrogens with one attached hydrogen (secondary N) is 1. The van der Waals surface area contributed by atoms with Crippen LogP contribution in [0.5, 0.6) is 0 Å². The molecule has 0 unspecified atom stereocenters. The Kier molecular flexibility index (Phi) is 4.74. The first-order chi connectivity index (χ1) is 9.15. The number of anilines is 1. The van der Waals surface area contributed by atoms with Gasteiger partial charge in [0.25, 0.3) is 0 Å². The number of rotatable bonds is 3. The lowest BCUT2D eigenvalue weighted by Gasteiger charge is -2.27. The van der Waals surface area contributed by atoms with Crippen LogP contribution in [0.2, 0.25) is 0 Å². The van der Waals surface area contributed by atoms with Gasteiger partial charge in [0.05, 0.1) is 6.61 Å². The summed E-state index contributed by atoms with van der Waals surface area (Å²) in [4.78, 5) is 18.0. The van der Waals surface area contributed by atoms with E-state index >= 15 is 0 Å². The number of ether oxygens (including phenoxy) is 1. The number of urea groups is 1. The molecule has 19 heavy (non-hydrogen) atoms. The van der Waals surface area contributed by atoms with Gasteiger partial charge in [-0.3, -0.25) is 5.32 Å². The Morgan fingerprint density at radius 3 is 3.11 bits per heavy atom. The minimum atomic E-state index is -0.122. The van der Waals surface area contributed by atoms with E-state index in [4.69, 9.17) is 4.74 Å². The van der Waals surface area contributed by atoms with Gasteiger partial charge in [0.2, 0.25) is 0 Å². The van der Waals surface area contributed by atoms with Gasteiger partial charge in [-0.25, -0.2) is 9.78 Å². The van der Waals surface area contributed by atoms with Crippen molar-refractivity contribution < 1.29 is 9.53 Å². The van der Waals surface area contributed by atoms with Crippen molar-refractivity contribution in [3.63, 3.8) is 0 Å². The molecule has 0 radical (unpaired) electrons. The molecule has 1 aliphatic rings. The van der Waals surface area contributed by atoms with E-state index in [2.05, 4.69) is 10.3 Å². The molecule has 1 aliphatic heterocycles. The summed E-state index contributed by atoms with van der Waals surface area (Å²) in [6.45, 7) is 4.22. The number of hydrogen-bond acceptors (Lipinski definition) is 3. The van der Waals surface area contributed by atoms with E-state index in [1.165, 1.54) is 0 Å². The molecule has 0 saturated carbocycles. The van der Waals surface area contributed by atoms with Crippen LogP contribution in [0.4, 0.5) is 10.6 Å². The molecule has 1 N–H and O–H groups in total. The molecular weight excluding hydrogens is 242 g/mol. The zero-order valence-corrected chi connectivity index (χ0v) is 11.6. The van der Waals surface area contributed by atoms with Crippen molar-refractivity contribution >= 4 is 11.8 Å². The largest absolute Gasteiger partial charge is 0.381 e. The molecule has 5 heteroatoms. The summed E-state index contributed by atoms with van der Waals surface area (Å²) in [6.07, 6.45) is 2.21. The number of carbonyl (C=O) groups excluding carboxylic acids is 1. The Bertz CT molecular complexity index is 430. The monoisotopic (exact) mass is 263 g/mol. The van der Waals surface area contributed by atoms with E-state index in [1.54, 1.807) is 18.0 Å². The Morgan fingerprint density at radius 2 is 2.42 bits per heavy atom. The Balaban J connectivity index is 1.84. The van der Waals surface area contributed by atoms with Crippen LogP contribution in [0, 0.1) is 12.8 Å². The summed E-state index contributed by atoms with van der Waals surface area (Å²) in [6, 6.07) is 5.46. The third-order valence-electron chi connectivity index (χ3n) is 3.26. The van der Waals surface area contributed by atoms with Crippen LogP contribution in [0.25, 0.3) is 0 Å². The highest BCUT2D eigenvalue weighted by Gasteiger charge is 2.18. The van der Waals surface area contributed by atoms with E-state index in [1.807, 2.05) is 19.1 Å². The summed E-state index contributed by atoms with van der Waals surface area (Å²) < 4.78 is 5.43. The first-order valence-corrected chi connectivity index (χ1v) is 6.68. The minimum absolute atomic E-state index is 0.122. The summed E-state index contributed by atoms with van der Waals surface area (Å²) >= 11 is 0. The summed E-state index contributed by atoms with van der Waals surface area (Å²) in [7, 11) is 1.81. The molecule has 2 heterocycles. The van der Waals surface area contributed by atoms with Crippen LogP contribution >= 0.6 is 0 Å². The van der Waals surface area contributed by atoms with Crippen molar-refractivity contribution in [2.24, 2.45) is 5.92 Å². The maximum Gasteiger partial charge on any atom is 0.322 e. The van der Waals surface area contributed by atoms with Gasteiger partial charge in [-0.15, -0.1) is 0 Å². The molecule has 2 amide bonds. The number of aryl methyl sites for hydroxylation is 1. The first-order valence-electron chi connectivity index (χ1n) is 6.68. The molecule has 104 valence electrons. The first kappa shape index (κ1) is 13.8. The Morgan fingerprint density at radius 1 is 1.58 bits per heavy atom. The van der Waals surface area contributed by atoms with Crippen LogP contribution in [0.1, 0.15) is 18.5 Å². The summed E-state index contributed by atoms with van der Waals surface area (Å²) in [5.41, 5.74) is 0.890. The summed E-state index contributed by atoms with van der Waals surface area (Å²) in [5.74, 6) is 1.03. The van der Waals surface area contributed by atoms with Crippen LogP contribution in [0.3, 0.4) is 0 Å². The van der Waals surface area contributed by atoms with E-state index in [-0.39, 0.29) is 6.03 Å². The Labute approximate surface area is 114 Å². The van der Waals surface area contributed by atoms with Crippen molar-refractivity contribution in [3.8, 4) is 0 Å². The highest BCUT2D eigenvalue weighted by Crippen LogP contribution is 2.15. The second-order valence-electron chi connectivity index (χ2n) is 5.06.